The molecule has 0 amide bonds. The van der Waals surface area contributed by atoms with Crippen LogP contribution in [0, 0.1) is 17.8 Å². The summed E-state index contributed by atoms with van der Waals surface area (Å²) in [5.74, 6) is 0.521. The Morgan fingerprint density at radius 1 is 1.03 bits per heavy atom. The molecule has 3 atom stereocenters. The number of hydrogen-bond acceptors (Lipinski definition) is 3. The number of aliphatic hydroxyl groups excluding tert-OH is 1. The summed E-state index contributed by atoms with van der Waals surface area (Å²) in [6, 6.07) is 10.3. The monoisotopic (exact) mass is 443 g/mol. The third-order valence-corrected chi connectivity index (χ3v) is 7.14. The Kier molecular flexibility index (Phi) is 13.3. The van der Waals surface area contributed by atoms with E-state index in [2.05, 4.69) is 18.2 Å². The van der Waals surface area contributed by atoms with Crippen molar-refractivity contribution < 1.29 is 15.0 Å². The number of carboxylic acids is 1. The highest BCUT2D eigenvalue weighted by molar-refractivity contribution is 5.67. The molecule has 1 fully saturated rings. The fourth-order valence-corrected chi connectivity index (χ4v) is 5.32. The summed E-state index contributed by atoms with van der Waals surface area (Å²) in [6.07, 6.45) is 18.4. The molecule has 180 valence electrons. The molecule has 3 unspecified atom stereocenters. The predicted octanol–water partition coefficient (Wildman–Crippen LogP) is 6.12. The van der Waals surface area contributed by atoms with Crippen molar-refractivity contribution in [1.82, 2.24) is 0 Å². The van der Waals surface area contributed by atoms with Gasteiger partial charge < -0.3 is 15.9 Å². The number of rotatable bonds is 16. The second kappa shape index (κ2) is 16.0. The minimum atomic E-state index is -0.708. The largest absolute Gasteiger partial charge is 0.481 e. The third-order valence-electron chi connectivity index (χ3n) is 7.14. The Morgan fingerprint density at radius 3 is 2.47 bits per heavy atom. The maximum atomic E-state index is 11.5. The molecule has 0 heterocycles. The average molecular weight is 444 g/mol. The van der Waals surface area contributed by atoms with Crippen LogP contribution in [0.15, 0.2) is 42.5 Å². The minimum Gasteiger partial charge on any atom is -0.481 e. The van der Waals surface area contributed by atoms with E-state index in [1.54, 1.807) is 0 Å². The summed E-state index contributed by atoms with van der Waals surface area (Å²) in [4.78, 5) is 11.5. The molecule has 1 aliphatic carbocycles. The highest BCUT2D eigenvalue weighted by Crippen LogP contribution is 2.30. The van der Waals surface area contributed by atoms with Crippen LogP contribution < -0.4 is 5.73 Å². The van der Waals surface area contributed by atoms with Crippen LogP contribution in [0.5, 0.6) is 0 Å². The van der Waals surface area contributed by atoms with Gasteiger partial charge in [-0.1, -0.05) is 87.4 Å². The van der Waals surface area contributed by atoms with Gasteiger partial charge in [0.1, 0.15) is 0 Å². The lowest BCUT2D eigenvalue weighted by Crippen LogP contribution is -2.22. The number of aliphatic carboxylic acids is 1. The van der Waals surface area contributed by atoms with Gasteiger partial charge in [-0.3, -0.25) is 4.79 Å². The minimum absolute atomic E-state index is 0.170. The molecule has 0 radical (unpaired) electrons. The normalized spacial score (nSPS) is 17.9. The fraction of sp³-hybridized carbons (Fsp3) is 0.679. The van der Waals surface area contributed by atoms with Crippen LogP contribution in [0.3, 0.4) is 0 Å². The van der Waals surface area contributed by atoms with Crippen molar-refractivity contribution in [2.45, 2.75) is 96.0 Å². The molecule has 4 nitrogen and oxygen atoms in total. The van der Waals surface area contributed by atoms with E-state index in [1.807, 2.05) is 24.3 Å². The van der Waals surface area contributed by atoms with E-state index in [-0.39, 0.29) is 18.4 Å². The molecule has 2 rings (SSSR count). The zero-order valence-electron chi connectivity index (χ0n) is 19.8. The maximum Gasteiger partial charge on any atom is 0.303 e. The van der Waals surface area contributed by atoms with Crippen LogP contribution in [-0.2, 0) is 11.2 Å². The van der Waals surface area contributed by atoms with Gasteiger partial charge in [0.2, 0.25) is 0 Å². The van der Waals surface area contributed by atoms with Gasteiger partial charge in [-0.05, 0) is 68.4 Å². The van der Waals surface area contributed by atoms with E-state index in [1.165, 1.54) is 37.7 Å². The standard InChI is InChI=1S/C28H45NO3/c29-20-19-25(26(22-28(31)32)18-17-23-11-5-3-6-12-23)15-9-1-2-10-16-27(30)21-24-13-7-4-8-14-24/h3,5-6,10-12,16,24-27,30H,1-2,4,7-9,13-15,17-22,29H2,(H,31,32). The summed E-state index contributed by atoms with van der Waals surface area (Å²) in [7, 11) is 0. The smallest absolute Gasteiger partial charge is 0.303 e. The van der Waals surface area contributed by atoms with E-state index in [9.17, 15) is 15.0 Å². The number of hydrogen-bond donors (Lipinski definition) is 3. The van der Waals surface area contributed by atoms with Crippen LogP contribution in [0.4, 0.5) is 0 Å². The number of nitrogens with two attached hydrogens (primary N) is 1. The molecule has 1 aliphatic rings. The lowest BCUT2D eigenvalue weighted by molar-refractivity contribution is -0.138. The first-order valence-corrected chi connectivity index (χ1v) is 12.9. The van der Waals surface area contributed by atoms with Crippen molar-refractivity contribution in [3.05, 3.63) is 48.0 Å². The van der Waals surface area contributed by atoms with Gasteiger partial charge in [0.25, 0.3) is 0 Å². The van der Waals surface area contributed by atoms with E-state index in [4.69, 9.17) is 5.73 Å². The second-order valence-corrected chi connectivity index (χ2v) is 9.74. The molecule has 4 N–H and O–H groups in total. The van der Waals surface area contributed by atoms with Gasteiger partial charge in [-0.15, -0.1) is 0 Å². The average Bonchev–Trinajstić information content (AvgIpc) is 2.79. The molecule has 0 aromatic heterocycles. The molecule has 0 aliphatic heterocycles. The van der Waals surface area contributed by atoms with Gasteiger partial charge in [-0.25, -0.2) is 0 Å². The summed E-state index contributed by atoms with van der Waals surface area (Å²) < 4.78 is 0. The lowest BCUT2D eigenvalue weighted by Gasteiger charge is -2.26. The SMILES string of the molecule is NCCC(CCCCC=CC(O)CC1CCCCC1)C(CCc1ccccc1)CC(=O)O. The van der Waals surface area contributed by atoms with Crippen molar-refractivity contribution in [1.29, 1.82) is 0 Å². The van der Waals surface area contributed by atoms with Crippen molar-refractivity contribution >= 4 is 5.97 Å². The summed E-state index contributed by atoms with van der Waals surface area (Å²) >= 11 is 0. The topological polar surface area (TPSA) is 83.5 Å². The van der Waals surface area contributed by atoms with E-state index in [0.717, 1.165) is 51.4 Å². The third kappa shape index (κ3) is 11.3. The highest BCUT2D eigenvalue weighted by Gasteiger charge is 2.23. The number of aliphatic hydroxyl groups is 1. The number of benzene rings is 1. The number of carboxylic acid groups (broad SMARTS) is 1. The van der Waals surface area contributed by atoms with Gasteiger partial charge in [0.05, 0.1) is 6.10 Å². The molecule has 1 saturated carbocycles. The van der Waals surface area contributed by atoms with Crippen LogP contribution in [0.25, 0.3) is 0 Å². The van der Waals surface area contributed by atoms with E-state index < -0.39 is 5.97 Å². The molecule has 0 saturated heterocycles. The Labute approximate surface area is 195 Å². The zero-order valence-corrected chi connectivity index (χ0v) is 19.8. The molecule has 0 bridgehead atoms. The molecule has 0 spiro atoms. The highest BCUT2D eigenvalue weighted by atomic mass is 16.4. The Bertz CT molecular complexity index is 639. The van der Waals surface area contributed by atoms with Gasteiger partial charge in [0, 0.05) is 6.42 Å². The molecule has 1 aromatic rings. The van der Waals surface area contributed by atoms with Crippen LogP contribution in [0.1, 0.15) is 89.0 Å². The molecule has 1 aromatic carbocycles. The number of unbranched alkanes of at least 4 members (excludes halogenated alkanes) is 2. The Hall–Kier alpha value is -1.65. The Morgan fingerprint density at radius 2 is 1.78 bits per heavy atom. The van der Waals surface area contributed by atoms with Crippen LogP contribution >= 0.6 is 0 Å². The molecular formula is C28H45NO3. The number of aryl methyl sites for hydroxylation is 1. The molecular weight excluding hydrogens is 398 g/mol. The maximum absolute atomic E-state index is 11.5. The molecule has 4 heteroatoms. The summed E-state index contributed by atoms with van der Waals surface area (Å²) in [6.45, 7) is 0.611. The van der Waals surface area contributed by atoms with Crippen molar-refractivity contribution in [3.63, 3.8) is 0 Å². The number of allylic oxidation sites excluding steroid dienone is 1. The first-order chi connectivity index (χ1) is 15.6. The summed E-state index contributed by atoms with van der Waals surface area (Å²) in [5, 5.41) is 19.7. The zero-order chi connectivity index (χ0) is 23.0. The van der Waals surface area contributed by atoms with Gasteiger partial charge >= 0.3 is 5.97 Å². The summed E-state index contributed by atoms with van der Waals surface area (Å²) in [5.41, 5.74) is 7.15. The van der Waals surface area contributed by atoms with Crippen molar-refractivity contribution in [2.75, 3.05) is 6.54 Å². The lowest BCUT2D eigenvalue weighted by atomic mass is 9.80. The van der Waals surface area contributed by atoms with Crippen LogP contribution in [0.2, 0.25) is 0 Å². The van der Waals surface area contributed by atoms with Gasteiger partial charge in [0.15, 0.2) is 0 Å². The van der Waals surface area contributed by atoms with Crippen molar-refractivity contribution in [2.24, 2.45) is 23.5 Å². The first-order valence-electron chi connectivity index (χ1n) is 12.9. The predicted molar refractivity (Wildman–Crippen MR) is 132 cm³/mol. The Balaban J connectivity index is 1.73. The van der Waals surface area contributed by atoms with E-state index >= 15 is 0 Å². The quantitative estimate of drug-likeness (QED) is 0.212. The second-order valence-electron chi connectivity index (χ2n) is 9.74. The number of carbonyl (C=O) groups is 1. The van der Waals surface area contributed by atoms with E-state index in [0.29, 0.717) is 18.4 Å². The van der Waals surface area contributed by atoms with Gasteiger partial charge in [-0.2, -0.15) is 0 Å². The van der Waals surface area contributed by atoms with Crippen molar-refractivity contribution in [3.8, 4) is 0 Å². The van der Waals surface area contributed by atoms with Crippen LogP contribution in [-0.4, -0.2) is 28.8 Å². The molecule has 32 heavy (non-hydrogen) atoms. The first kappa shape index (κ1) is 26.6. The fourth-order valence-electron chi connectivity index (χ4n) is 5.32.